The summed E-state index contributed by atoms with van der Waals surface area (Å²) in [6.45, 7) is 0. The second kappa shape index (κ2) is 5.66. The number of amides is 2. The molecule has 9 nitrogen and oxygen atoms in total. The number of hydrogen-bond donors (Lipinski definition) is 1. The van der Waals surface area contributed by atoms with Gasteiger partial charge >= 0.3 is 5.97 Å². The molecule has 0 radical (unpaired) electrons. The van der Waals surface area contributed by atoms with E-state index < -0.39 is 23.2 Å². The van der Waals surface area contributed by atoms with Gasteiger partial charge in [0.1, 0.15) is 17.0 Å². The van der Waals surface area contributed by atoms with E-state index in [1.165, 1.54) is 18.2 Å². The van der Waals surface area contributed by atoms with Gasteiger partial charge in [0, 0.05) is 31.0 Å². The number of aromatic nitrogens is 1. The molecule has 1 saturated heterocycles. The van der Waals surface area contributed by atoms with Crippen LogP contribution in [-0.4, -0.2) is 32.9 Å². The number of phenolic OH excluding ortho intramolecular Hbond substituents is 1. The maximum absolute atomic E-state index is 12.4. The maximum atomic E-state index is 12.4. The maximum Gasteiger partial charge on any atom is 0.366 e. The Bertz CT molecular complexity index is 1100. The van der Waals surface area contributed by atoms with Gasteiger partial charge in [0.25, 0.3) is 11.8 Å². The quantitative estimate of drug-likeness (QED) is 0.537. The van der Waals surface area contributed by atoms with Gasteiger partial charge in [0.15, 0.2) is 16.8 Å². The molecule has 0 aromatic heterocycles. The summed E-state index contributed by atoms with van der Waals surface area (Å²) in [5.41, 5.74) is -0.206. The zero-order valence-corrected chi connectivity index (χ0v) is 13.1. The number of hydroxylamine groups is 2. The van der Waals surface area contributed by atoms with Gasteiger partial charge in [-0.05, 0) is 12.1 Å². The standard InChI is InChI=1S/C17H10N2O7/c20-8-1-2-11-12(6-8)25-13-7-9(21)5-10(16(13)18-11)17(24)26-19-14(22)3-4-15(19)23/h1-2,5-7,20H,3-4H2. The number of nitrogens with zero attached hydrogens (tertiary/aromatic N) is 2. The van der Waals surface area contributed by atoms with Gasteiger partial charge in [-0.25, -0.2) is 9.78 Å². The van der Waals surface area contributed by atoms with E-state index >= 15 is 0 Å². The first kappa shape index (κ1) is 15.8. The molecule has 1 fully saturated rings. The predicted octanol–water partition coefficient (Wildman–Crippen LogP) is 1.22. The number of rotatable bonds is 2. The van der Waals surface area contributed by atoms with E-state index in [0.29, 0.717) is 10.6 Å². The number of phenols is 1. The third kappa shape index (κ3) is 2.55. The van der Waals surface area contributed by atoms with Crippen molar-refractivity contribution in [2.75, 3.05) is 0 Å². The van der Waals surface area contributed by atoms with Crippen LogP contribution in [0.4, 0.5) is 0 Å². The monoisotopic (exact) mass is 354 g/mol. The Kier molecular flexibility index (Phi) is 3.43. The highest BCUT2D eigenvalue weighted by Crippen LogP contribution is 2.29. The number of carbonyl (C=O) groups is 3. The average Bonchev–Trinajstić information content (AvgIpc) is 2.91. The van der Waals surface area contributed by atoms with Crippen LogP contribution in [0, 0.1) is 0 Å². The lowest BCUT2D eigenvalue weighted by atomic mass is 10.1. The van der Waals surface area contributed by atoms with E-state index in [1.54, 1.807) is 0 Å². The minimum Gasteiger partial charge on any atom is -0.508 e. The molecule has 2 heterocycles. The van der Waals surface area contributed by atoms with Crippen LogP contribution >= 0.6 is 0 Å². The van der Waals surface area contributed by atoms with Crippen LogP contribution < -0.4 is 5.43 Å². The molecule has 1 aromatic rings. The fourth-order valence-corrected chi connectivity index (χ4v) is 2.64. The van der Waals surface area contributed by atoms with Gasteiger partial charge in [0.2, 0.25) is 0 Å². The molecule has 130 valence electrons. The third-order valence-electron chi connectivity index (χ3n) is 3.84. The highest BCUT2D eigenvalue weighted by Gasteiger charge is 2.34. The van der Waals surface area contributed by atoms with Crippen molar-refractivity contribution in [2.45, 2.75) is 12.8 Å². The Morgan fingerprint density at radius 3 is 2.58 bits per heavy atom. The van der Waals surface area contributed by atoms with Crippen molar-refractivity contribution >= 4 is 28.9 Å². The number of hydrogen-bond acceptors (Lipinski definition) is 8. The first-order chi connectivity index (χ1) is 12.4. The summed E-state index contributed by atoms with van der Waals surface area (Å²) in [4.78, 5) is 56.6. The number of imide groups is 1. The molecule has 2 aliphatic heterocycles. The number of aromatic hydroxyl groups is 1. The summed E-state index contributed by atoms with van der Waals surface area (Å²) < 4.78 is 5.53. The number of carbonyl (C=O) groups excluding carboxylic acids is 3. The lowest BCUT2D eigenvalue weighted by Crippen LogP contribution is -2.32. The van der Waals surface area contributed by atoms with Gasteiger partial charge in [-0.2, -0.15) is 0 Å². The van der Waals surface area contributed by atoms with Crippen molar-refractivity contribution in [3.8, 4) is 17.2 Å². The van der Waals surface area contributed by atoms with Gasteiger partial charge in [-0.1, -0.05) is 0 Å². The Hall–Kier alpha value is -3.75. The first-order valence-electron chi connectivity index (χ1n) is 7.58. The van der Waals surface area contributed by atoms with Crippen LogP contribution in [0.3, 0.4) is 0 Å². The van der Waals surface area contributed by atoms with Gasteiger partial charge in [-0.15, -0.1) is 5.06 Å². The Morgan fingerprint density at radius 2 is 1.85 bits per heavy atom. The molecule has 0 atom stereocenters. The topological polar surface area (TPSA) is 127 Å². The van der Waals surface area contributed by atoms with E-state index in [4.69, 9.17) is 9.25 Å². The molecule has 26 heavy (non-hydrogen) atoms. The smallest absolute Gasteiger partial charge is 0.366 e. The van der Waals surface area contributed by atoms with Crippen LogP contribution in [-0.2, 0) is 14.4 Å². The van der Waals surface area contributed by atoms with E-state index in [2.05, 4.69) is 4.98 Å². The molecule has 0 spiro atoms. The van der Waals surface area contributed by atoms with Crippen LogP contribution in [0.15, 0.2) is 39.5 Å². The minimum atomic E-state index is -1.07. The van der Waals surface area contributed by atoms with Gasteiger partial charge < -0.3 is 14.4 Å². The normalized spacial score (nSPS) is 14.4. The first-order valence-corrected chi connectivity index (χ1v) is 7.58. The molecule has 4 rings (SSSR count). The van der Waals surface area contributed by atoms with Crippen molar-refractivity contribution in [3.63, 3.8) is 0 Å². The predicted molar refractivity (Wildman–Crippen MR) is 85.1 cm³/mol. The SMILES string of the molecule is O=C(ON1C(=O)CCC1=O)c1cc(=O)cc2oc3cc(O)ccc3nc1-2. The van der Waals surface area contributed by atoms with E-state index in [0.717, 1.165) is 12.1 Å². The molecular weight excluding hydrogens is 344 g/mol. The summed E-state index contributed by atoms with van der Waals surface area (Å²) in [6.07, 6.45) is -0.0909. The Balaban J connectivity index is 1.82. The van der Waals surface area contributed by atoms with Crippen LogP contribution in [0.5, 0.6) is 5.75 Å². The lowest BCUT2D eigenvalue weighted by Gasteiger charge is -2.14. The molecule has 0 unspecified atom stereocenters. The van der Waals surface area contributed by atoms with E-state index in [9.17, 15) is 24.3 Å². The molecule has 9 heteroatoms. The summed E-state index contributed by atoms with van der Waals surface area (Å²) in [6, 6.07) is 6.30. The highest BCUT2D eigenvalue weighted by atomic mass is 16.7. The third-order valence-corrected chi connectivity index (χ3v) is 3.84. The van der Waals surface area contributed by atoms with Crippen LogP contribution in [0.25, 0.3) is 22.6 Å². The summed E-state index contributed by atoms with van der Waals surface area (Å²) in [5.74, 6) is -2.39. The zero-order valence-electron chi connectivity index (χ0n) is 13.1. The molecule has 0 saturated carbocycles. The highest BCUT2D eigenvalue weighted by molar-refractivity contribution is 6.04. The van der Waals surface area contributed by atoms with Crippen molar-refractivity contribution < 1.29 is 28.7 Å². The van der Waals surface area contributed by atoms with Crippen molar-refractivity contribution in [1.82, 2.24) is 10.0 Å². The molecule has 0 bridgehead atoms. The Morgan fingerprint density at radius 1 is 1.12 bits per heavy atom. The van der Waals surface area contributed by atoms with Crippen molar-refractivity contribution in [3.05, 3.63) is 46.1 Å². The summed E-state index contributed by atoms with van der Waals surface area (Å²) in [7, 11) is 0. The second-order valence-electron chi connectivity index (χ2n) is 5.64. The summed E-state index contributed by atoms with van der Waals surface area (Å²) in [5, 5.41) is 9.91. The fraction of sp³-hybridized carbons (Fsp3) is 0.118. The minimum absolute atomic E-state index is 0.00150. The molecule has 3 aliphatic rings. The van der Waals surface area contributed by atoms with Gasteiger partial charge in [0.05, 0.1) is 5.56 Å². The molecule has 2 amide bonds. The van der Waals surface area contributed by atoms with Crippen LogP contribution in [0.1, 0.15) is 23.2 Å². The second-order valence-corrected chi connectivity index (χ2v) is 5.64. The molecule has 1 aliphatic carbocycles. The Labute approximate surface area is 144 Å². The number of fused-ring (bicyclic) bond motifs is 2. The molecule has 1 N–H and O–H groups in total. The fourth-order valence-electron chi connectivity index (χ4n) is 2.64. The van der Waals surface area contributed by atoms with E-state index in [-0.39, 0.29) is 41.2 Å². The van der Waals surface area contributed by atoms with Crippen molar-refractivity contribution in [1.29, 1.82) is 0 Å². The van der Waals surface area contributed by atoms with Crippen LogP contribution in [0.2, 0.25) is 0 Å². The zero-order chi connectivity index (χ0) is 18.4. The van der Waals surface area contributed by atoms with E-state index in [1.807, 2.05) is 0 Å². The molecular formula is C17H10N2O7. The van der Waals surface area contributed by atoms with Gasteiger partial charge in [-0.3, -0.25) is 14.4 Å². The summed E-state index contributed by atoms with van der Waals surface area (Å²) >= 11 is 0. The van der Waals surface area contributed by atoms with Crippen molar-refractivity contribution in [2.24, 2.45) is 0 Å². The average molecular weight is 354 g/mol. The lowest BCUT2D eigenvalue weighted by molar-refractivity contribution is -0.172. The molecule has 1 aromatic carbocycles. The largest absolute Gasteiger partial charge is 0.508 e. The number of benzene rings is 2.